The Morgan fingerprint density at radius 3 is 2.56 bits per heavy atom. The summed E-state index contributed by atoms with van der Waals surface area (Å²) < 4.78 is 4.99. The molecule has 1 aliphatic rings. The molecule has 0 heterocycles. The van der Waals surface area contributed by atoms with Crippen molar-refractivity contribution in [2.24, 2.45) is 11.7 Å². The third-order valence-electron chi connectivity index (χ3n) is 2.23. The lowest BCUT2D eigenvalue weighted by molar-refractivity contribution is 0.143. The molecule has 0 aromatic heterocycles. The summed E-state index contributed by atoms with van der Waals surface area (Å²) in [6.07, 6.45) is 2.36. The monoisotopic (exact) mass is 129 g/mol. The van der Waals surface area contributed by atoms with Crippen LogP contribution in [0.4, 0.5) is 0 Å². The molecular formula is C7H15NO. The van der Waals surface area contributed by atoms with Crippen LogP contribution in [-0.4, -0.2) is 19.3 Å². The minimum absolute atomic E-state index is 0.135. The van der Waals surface area contributed by atoms with E-state index < -0.39 is 0 Å². The summed E-state index contributed by atoms with van der Waals surface area (Å²) in [5.41, 5.74) is 6.03. The second-order valence-electron chi connectivity index (χ2n) is 3.09. The zero-order valence-electron chi connectivity index (χ0n) is 6.18. The van der Waals surface area contributed by atoms with Crippen LogP contribution in [0, 0.1) is 5.92 Å². The normalized spacial score (nSPS) is 25.7. The molecule has 0 radical (unpaired) electrons. The Labute approximate surface area is 56.4 Å². The van der Waals surface area contributed by atoms with E-state index >= 15 is 0 Å². The van der Waals surface area contributed by atoms with E-state index in [1.54, 1.807) is 7.11 Å². The smallest absolute Gasteiger partial charge is 0.0505 e. The largest absolute Gasteiger partial charge is 0.384 e. The van der Waals surface area contributed by atoms with Gasteiger partial charge in [0.1, 0.15) is 0 Å². The van der Waals surface area contributed by atoms with Crippen molar-refractivity contribution in [3.63, 3.8) is 0 Å². The van der Waals surface area contributed by atoms with Gasteiger partial charge in [0.15, 0.2) is 0 Å². The van der Waals surface area contributed by atoms with E-state index in [4.69, 9.17) is 10.5 Å². The molecular weight excluding hydrogens is 114 g/mol. The number of hydrogen-bond donors (Lipinski definition) is 1. The molecule has 0 aromatic rings. The Morgan fingerprint density at radius 2 is 2.22 bits per heavy atom. The number of methoxy groups -OCH3 is 1. The third kappa shape index (κ3) is 1.43. The molecule has 0 spiro atoms. The zero-order chi connectivity index (χ0) is 6.91. The van der Waals surface area contributed by atoms with Crippen molar-refractivity contribution >= 4 is 0 Å². The lowest BCUT2D eigenvalue weighted by Gasteiger charge is -2.16. The molecule has 1 rings (SSSR count). The third-order valence-corrected chi connectivity index (χ3v) is 2.23. The summed E-state index contributed by atoms with van der Waals surface area (Å²) >= 11 is 0. The Hall–Kier alpha value is -0.0800. The standard InChI is InChI=1S/C7H15NO/c1-6(5-9-2)7(8)3-4-7/h6H,3-5,8H2,1-2H3. The molecule has 0 aromatic carbocycles. The molecule has 2 N–H and O–H groups in total. The molecule has 2 heteroatoms. The second-order valence-corrected chi connectivity index (χ2v) is 3.09. The first-order valence-electron chi connectivity index (χ1n) is 3.47. The van der Waals surface area contributed by atoms with Crippen molar-refractivity contribution in [1.82, 2.24) is 0 Å². The molecule has 1 fully saturated rings. The van der Waals surface area contributed by atoms with E-state index in [0.717, 1.165) is 6.61 Å². The van der Waals surface area contributed by atoms with Gasteiger partial charge in [0.05, 0.1) is 6.61 Å². The summed E-state index contributed by atoms with van der Waals surface area (Å²) in [4.78, 5) is 0. The number of ether oxygens (including phenoxy) is 1. The summed E-state index contributed by atoms with van der Waals surface area (Å²) in [5.74, 6) is 0.530. The SMILES string of the molecule is COCC(C)C1(N)CC1. The molecule has 0 bridgehead atoms. The van der Waals surface area contributed by atoms with Crippen molar-refractivity contribution in [3.05, 3.63) is 0 Å². The fourth-order valence-corrected chi connectivity index (χ4v) is 1.05. The molecule has 9 heavy (non-hydrogen) atoms. The van der Waals surface area contributed by atoms with Crippen LogP contribution in [0.15, 0.2) is 0 Å². The molecule has 54 valence electrons. The Balaban J connectivity index is 2.24. The van der Waals surface area contributed by atoms with Gasteiger partial charge in [-0.2, -0.15) is 0 Å². The predicted octanol–water partition coefficient (Wildman–Crippen LogP) is 0.760. The number of hydrogen-bond acceptors (Lipinski definition) is 2. The fourth-order valence-electron chi connectivity index (χ4n) is 1.05. The van der Waals surface area contributed by atoms with Gasteiger partial charge in [0.2, 0.25) is 0 Å². The van der Waals surface area contributed by atoms with Gasteiger partial charge in [0, 0.05) is 12.6 Å². The maximum absolute atomic E-state index is 5.90. The lowest BCUT2D eigenvalue weighted by Crippen LogP contribution is -2.33. The highest BCUT2D eigenvalue weighted by atomic mass is 16.5. The van der Waals surface area contributed by atoms with Crippen LogP contribution in [0.25, 0.3) is 0 Å². The van der Waals surface area contributed by atoms with E-state index in [1.165, 1.54) is 12.8 Å². The number of nitrogens with two attached hydrogens (primary N) is 1. The molecule has 1 atom stereocenters. The summed E-state index contributed by atoms with van der Waals surface area (Å²) in [7, 11) is 1.72. The lowest BCUT2D eigenvalue weighted by atomic mass is 10.0. The van der Waals surface area contributed by atoms with Crippen LogP contribution in [0.3, 0.4) is 0 Å². The first-order chi connectivity index (χ1) is 4.19. The van der Waals surface area contributed by atoms with E-state index in [-0.39, 0.29) is 5.54 Å². The summed E-state index contributed by atoms with van der Waals surface area (Å²) in [5, 5.41) is 0. The van der Waals surface area contributed by atoms with Crippen LogP contribution in [0.1, 0.15) is 19.8 Å². The molecule has 1 unspecified atom stereocenters. The molecule has 0 saturated heterocycles. The van der Waals surface area contributed by atoms with E-state index in [1.807, 2.05) is 0 Å². The minimum Gasteiger partial charge on any atom is -0.384 e. The average molecular weight is 129 g/mol. The maximum atomic E-state index is 5.90. The van der Waals surface area contributed by atoms with Crippen molar-refractivity contribution in [2.75, 3.05) is 13.7 Å². The Morgan fingerprint density at radius 1 is 1.67 bits per heavy atom. The average Bonchev–Trinajstić information content (AvgIpc) is 2.50. The van der Waals surface area contributed by atoms with E-state index in [9.17, 15) is 0 Å². The predicted molar refractivity (Wildman–Crippen MR) is 37.2 cm³/mol. The first-order valence-corrected chi connectivity index (χ1v) is 3.47. The highest BCUT2D eigenvalue weighted by Gasteiger charge is 2.42. The topological polar surface area (TPSA) is 35.2 Å². The van der Waals surface area contributed by atoms with Gasteiger partial charge in [-0.05, 0) is 18.8 Å². The Bertz CT molecular complexity index is 99.1. The first kappa shape index (κ1) is 7.03. The fraction of sp³-hybridized carbons (Fsp3) is 1.00. The van der Waals surface area contributed by atoms with Gasteiger partial charge < -0.3 is 10.5 Å². The number of rotatable bonds is 3. The van der Waals surface area contributed by atoms with Gasteiger partial charge in [-0.25, -0.2) is 0 Å². The van der Waals surface area contributed by atoms with Crippen molar-refractivity contribution < 1.29 is 4.74 Å². The Kier molecular flexibility index (Phi) is 1.78. The van der Waals surface area contributed by atoms with Gasteiger partial charge >= 0.3 is 0 Å². The van der Waals surface area contributed by atoms with Crippen LogP contribution < -0.4 is 5.73 Å². The van der Waals surface area contributed by atoms with Gasteiger partial charge in [-0.3, -0.25) is 0 Å². The molecule has 0 amide bonds. The van der Waals surface area contributed by atoms with Crippen LogP contribution >= 0.6 is 0 Å². The van der Waals surface area contributed by atoms with E-state index in [0.29, 0.717) is 5.92 Å². The van der Waals surface area contributed by atoms with Crippen LogP contribution in [-0.2, 0) is 4.74 Å². The zero-order valence-corrected chi connectivity index (χ0v) is 6.18. The highest BCUT2D eigenvalue weighted by Crippen LogP contribution is 2.39. The molecule has 1 aliphatic carbocycles. The van der Waals surface area contributed by atoms with Crippen LogP contribution in [0.5, 0.6) is 0 Å². The maximum Gasteiger partial charge on any atom is 0.0505 e. The van der Waals surface area contributed by atoms with Gasteiger partial charge in [-0.1, -0.05) is 6.92 Å². The molecule has 0 aliphatic heterocycles. The van der Waals surface area contributed by atoms with Crippen molar-refractivity contribution in [2.45, 2.75) is 25.3 Å². The second kappa shape index (κ2) is 2.27. The summed E-state index contributed by atoms with van der Waals surface area (Å²) in [6, 6.07) is 0. The van der Waals surface area contributed by atoms with Gasteiger partial charge in [0.25, 0.3) is 0 Å². The van der Waals surface area contributed by atoms with Gasteiger partial charge in [-0.15, -0.1) is 0 Å². The van der Waals surface area contributed by atoms with Crippen LogP contribution in [0.2, 0.25) is 0 Å². The minimum atomic E-state index is 0.135. The quantitative estimate of drug-likeness (QED) is 0.610. The molecule has 2 nitrogen and oxygen atoms in total. The van der Waals surface area contributed by atoms with Crippen molar-refractivity contribution in [1.29, 1.82) is 0 Å². The molecule has 1 saturated carbocycles. The van der Waals surface area contributed by atoms with Crippen molar-refractivity contribution in [3.8, 4) is 0 Å². The van der Waals surface area contributed by atoms with E-state index in [2.05, 4.69) is 6.92 Å². The summed E-state index contributed by atoms with van der Waals surface area (Å²) in [6.45, 7) is 2.95. The highest BCUT2D eigenvalue weighted by molar-refractivity contribution is 5.02.